The molecule has 36 heavy (non-hydrogen) atoms. The summed E-state index contributed by atoms with van der Waals surface area (Å²) in [6.45, 7) is 6.29. The van der Waals surface area contributed by atoms with Gasteiger partial charge in [-0.25, -0.2) is 8.42 Å². The molecule has 1 atom stereocenters. The van der Waals surface area contributed by atoms with Gasteiger partial charge in [0, 0.05) is 31.1 Å². The first kappa shape index (κ1) is 29.5. The zero-order chi connectivity index (χ0) is 26.9. The van der Waals surface area contributed by atoms with Gasteiger partial charge in [-0.1, -0.05) is 36.7 Å². The van der Waals surface area contributed by atoms with Crippen LogP contribution >= 0.6 is 11.6 Å². The molecule has 198 valence electrons. The summed E-state index contributed by atoms with van der Waals surface area (Å²) in [6.07, 6.45) is 2.27. The van der Waals surface area contributed by atoms with Gasteiger partial charge < -0.3 is 15.0 Å². The number of ether oxygens (including phenoxy) is 1. The average Bonchev–Trinajstić information content (AvgIpc) is 2.84. The summed E-state index contributed by atoms with van der Waals surface area (Å²) in [6, 6.07) is 11.7. The molecule has 0 aliphatic heterocycles. The molecular formula is C26H36ClN3O5S. The van der Waals surface area contributed by atoms with E-state index in [0.717, 1.165) is 18.2 Å². The van der Waals surface area contributed by atoms with Crippen molar-refractivity contribution in [2.75, 3.05) is 30.8 Å². The van der Waals surface area contributed by atoms with E-state index in [2.05, 4.69) is 5.32 Å². The van der Waals surface area contributed by atoms with Crippen LogP contribution in [-0.4, -0.2) is 57.6 Å². The van der Waals surface area contributed by atoms with Crippen molar-refractivity contribution in [3.8, 4) is 5.75 Å². The summed E-state index contributed by atoms with van der Waals surface area (Å²) in [7, 11) is -2.02. The molecule has 0 saturated heterocycles. The lowest BCUT2D eigenvalue weighted by Crippen LogP contribution is -2.47. The third-order valence-electron chi connectivity index (χ3n) is 5.89. The number of hydrogen-bond donors (Lipinski definition) is 1. The van der Waals surface area contributed by atoms with Crippen LogP contribution in [0.3, 0.4) is 0 Å². The van der Waals surface area contributed by atoms with E-state index in [1.165, 1.54) is 9.21 Å². The van der Waals surface area contributed by atoms with Crippen molar-refractivity contribution in [3.05, 3.63) is 58.6 Å². The van der Waals surface area contributed by atoms with Gasteiger partial charge in [-0.15, -0.1) is 0 Å². The number of rotatable bonds is 13. The molecule has 0 aliphatic rings. The Morgan fingerprint density at radius 3 is 2.39 bits per heavy atom. The minimum Gasteiger partial charge on any atom is -0.497 e. The van der Waals surface area contributed by atoms with Crippen LogP contribution < -0.4 is 14.4 Å². The SMILES string of the molecule is CCCNC(=O)[C@@H](C)N(Cc1ccc(OC)cc1)C(=O)CCCN(c1cccc(Cl)c1C)S(C)(=O)=O. The predicted octanol–water partition coefficient (Wildman–Crippen LogP) is 4.15. The molecule has 0 fully saturated rings. The number of hydrogen-bond acceptors (Lipinski definition) is 5. The van der Waals surface area contributed by atoms with Crippen molar-refractivity contribution in [2.45, 2.75) is 52.6 Å². The quantitative estimate of drug-likeness (QED) is 0.414. The van der Waals surface area contributed by atoms with E-state index < -0.39 is 16.1 Å². The molecule has 0 unspecified atom stereocenters. The van der Waals surface area contributed by atoms with Crippen LogP contribution in [0.15, 0.2) is 42.5 Å². The number of benzene rings is 2. The molecule has 2 rings (SSSR count). The Kier molecular flexibility index (Phi) is 11.0. The van der Waals surface area contributed by atoms with Gasteiger partial charge in [-0.3, -0.25) is 13.9 Å². The summed E-state index contributed by atoms with van der Waals surface area (Å²) in [5.41, 5.74) is 1.99. The second kappa shape index (κ2) is 13.5. The Hall–Kier alpha value is -2.78. The first-order chi connectivity index (χ1) is 17.0. The van der Waals surface area contributed by atoms with E-state index in [9.17, 15) is 18.0 Å². The second-order valence-corrected chi connectivity index (χ2v) is 11.0. The second-order valence-electron chi connectivity index (χ2n) is 8.66. The lowest BCUT2D eigenvalue weighted by Gasteiger charge is -2.29. The molecule has 1 N–H and O–H groups in total. The number of carbonyl (C=O) groups excluding carboxylic acids is 2. The van der Waals surface area contributed by atoms with Gasteiger partial charge in [-0.2, -0.15) is 0 Å². The maximum atomic E-state index is 13.3. The number of sulfonamides is 1. The van der Waals surface area contributed by atoms with E-state index in [-0.39, 0.29) is 37.7 Å². The highest BCUT2D eigenvalue weighted by atomic mass is 35.5. The van der Waals surface area contributed by atoms with Crippen molar-refractivity contribution < 1.29 is 22.7 Å². The smallest absolute Gasteiger partial charge is 0.242 e. The van der Waals surface area contributed by atoms with Gasteiger partial charge in [0.2, 0.25) is 21.8 Å². The highest BCUT2D eigenvalue weighted by molar-refractivity contribution is 7.92. The third-order valence-corrected chi connectivity index (χ3v) is 7.48. The molecule has 0 spiro atoms. The van der Waals surface area contributed by atoms with Crippen LogP contribution in [0.25, 0.3) is 0 Å². The summed E-state index contributed by atoms with van der Waals surface area (Å²) < 4.78 is 31.5. The minimum atomic E-state index is -3.60. The number of amides is 2. The van der Waals surface area contributed by atoms with E-state index in [1.807, 2.05) is 19.1 Å². The first-order valence-electron chi connectivity index (χ1n) is 11.9. The summed E-state index contributed by atoms with van der Waals surface area (Å²) >= 11 is 6.20. The van der Waals surface area contributed by atoms with Crippen LogP contribution in [0.2, 0.25) is 5.02 Å². The van der Waals surface area contributed by atoms with Gasteiger partial charge in [0.25, 0.3) is 0 Å². The topological polar surface area (TPSA) is 96.0 Å². The number of methoxy groups -OCH3 is 1. The Morgan fingerprint density at radius 1 is 1.14 bits per heavy atom. The third kappa shape index (κ3) is 8.13. The lowest BCUT2D eigenvalue weighted by atomic mass is 10.1. The fraction of sp³-hybridized carbons (Fsp3) is 0.462. The lowest BCUT2D eigenvalue weighted by molar-refractivity contribution is -0.140. The van der Waals surface area contributed by atoms with Crippen molar-refractivity contribution in [1.82, 2.24) is 10.2 Å². The molecule has 2 aromatic rings. The Bertz CT molecular complexity index is 1140. The van der Waals surface area contributed by atoms with Crippen LogP contribution in [-0.2, 0) is 26.2 Å². The molecule has 0 bridgehead atoms. The number of anilines is 1. The van der Waals surface area contributed by atoms with Crippen LogP contribution in [0.4, 0.5) is 5.69 Å². The summed E-state index contributed by atoms with van der Waals surface area (Å²) in [4.78, 5) is 27.5. The van der Waals surface area contributed by atoms with Crippen molar-refractivity contribution in [1.29, 1.82) is 0 Å². The molecule has 0 saturated carbocycles. The van der Waals surface area contributed by atoms with E-state index >= 15 is 0 Å². The van der Waals surface area contributed by atoms with Crippen LogP contribution in [0, 0.1) is 6.92 Å². The van der Waals surface area contributed by atoms with Gasteiger partial charge in [0.15, 0.2) is 0 Å². The summed E-state index contributed by atoms with van der Waals surface area (Å²) in [5.74, 6) is 0.231. The van der Waals surface area contributed by atoms with Gasteiger partial charge in [0.05, 0.1) is 19.1 Å². The predicted molar refractivity (Wildman–Crippen MR) is 144 cm³/mol. The Morgan fingerprint density at radius 2 is 1.81 bits per heavy atom. The maximum Gasteiger partial charge on any atom is 0.242 e. The fourth-order valence-corrected chi connectivity index (χ4v) is 4.94. The first-order valence-corrected chi connectivity index (χ1v) is 14.1. The number of nitrogens with zero attached hydrogens (tertiary/aromatic N) is 2. The Labute approximate surface area is 219 Å². The molecule has 2 amide bonds. The highest BCUT2D eigenvalue weighted by Gasteiger charge is 2.27. The molecule has 0 aliphatic carbocycles. The van der Waals surface area contributed by atoms with Crippen molar-refractivity contribution in [3.63, 3.8) is 0 Å². The van der Waals surface area contributed by atoms with Gasteiger partial charge in [0.1, 0.15) is 11.8 Å². The molecule has 0 heterocycles. The van der Waals surface area contributed by atoms with Gasteiger partial charge >= 0.3 is 0 Å². The standard InChI is InChI=1S/C26H36ClN3O5S/c1-6-16-28-26(32)20(3)29(18-21-12-14-22(35-4)15-13-21)25(31)11-8-17-30(36(5,33)34)24-10-7-9-23(27)19(24)2/h7,9-10,12-15,20H,6,8,11,16-18H2,1-5H3,(H,28,32)/t20-/m1/s1. The monoisotopic (exact) mass is 537 g/mol. The minimum absolute atomic E-state index is 0.0766. The molecule has 2 aromatic carbocycles. The molecule has 8 nitrogen and oxygen atoms in total. The average molecular weight is 538 g/mol. The van der Waals surface area contributed by atoms with Crippen molar-refractivity contribution in [2.24, 2.45) is 0 Å². The number of nitrogens with one attached hydrogen (secondary N) is 1. The molecule has 0 radical (unpaired) electrons. The normalized spacial score (nSPS) is 12.1. The van der Waals surface area contributed by atoms with Crippen molar-refractivity contribution >= 4 is 39.1 Å². The number of carbonyl (C=O) groups is 2. The van der Waals surface area contributed by atoms with Gasteiger partial charge in [-0.05, 0) is 62.1 Å². The van der Waals surface area contributed by atoms with Crippen LogP contribution in [0.1, 0.15) is 44.2 Å². The fourth-order valence-electron chi connectivity index (χ4n) is 3.75. The molecular weight excluding hydrogens is 502 g/mol. The zero-order valence-electron chi connectivity index (χ0n) is 21.6. The molecule has 10 heteroatoms. The number of halogens is 1. The maximum absolute atomic E-state index is 13.3. The largest absolute Gasteiger partial charge is 0.497 e. The van der Waals surface area contributed by atoms with E-state index in [0.29, 0.717) is 28.6 Å². The zero-order valence-corrected chi connectivity index (χ0v) is 23.2. The summed E-state index contributed by atoms with van der Waals surface area (Å²) in [5, 5.41) is 3.31. The van der Waals surface area contributed by atoms with E-state index in [4.69, 9.17) is 16.3 Å². The van der Waals surface area contributed by atoms with Crippen LogP contribution in [0.5, 0.6) is 5.75 Å². The highest BCUT2D eigenvalue weighted by Crippen LogP contribution is 2.28. The van der Waals surface area contributed by atoms with E-state index in [1.54, 1.807) is 51.3 Å². The Balaban J connectivity index is 2.19. The molecule has 0 aromatic heterocycles.